The number of nitrogens with zero attached hydrogens (tertiary/aromatic N) is 2. The van der Waals surface area contributed by atoms with Gasteiger partial charge < -0.3 is 10.6 Å². The lowest BCUT2D eigenvalue weighted by Gasteiger charge is -2.11. The lowest BCUT2D eigenvalue weighted by atomic mass is 10.1. The van der Waals surface area contributed by atoms with E-state index < -0.39 is 0 Å². The summed E-state index contributed by atoms with van der Waals surface area (Å²) in [6.45, 7) is 6.10. The number of hydrogen-bond donors (Lipinski definition) is 2. The van der Waals surface area contributed by atoms with Crippen LogP contribution in [-0.4, -0.2) is 9.97 Å². The minimum atomic E-state index is 0.532. The molecule has 24 heavy (non-hydrogen) atoms. The maximum absolute atomic E-state index is 6.02. The Labute approximate surface area is 146 Å². The Bertz CT molecular complexity index is 857. The third-order valence-corrected chi connectivity index (χ3v) is 3.66. The van der Waals surface area contributed by atoms with Gasteiger partial charge in [-0.15, -0.1) is 0 Å². The molecule has 0 aliphatic carbocycles. The van der Waals surface area contributed by atoms with Gasteiger partial charge in [-0.3, -0.25) is 0 Å². The van der Waals surface area contributed by atoms with Crippen molar-refractivity contribution >= 4 is 34.7 Å². The van der Waals surface area contributed by atoms with Crippen LogP contribution in [0.3, 0.4) is 0 Å². The van der Waals surface area contributed by atoms with E-state index in [4.69, 9.17) is 11.6 Å². The van der Waals surface area contributed by atoms with Crippen LogP contribution in [0.2, 0.25) is 5.02 Å². The van der Waals surface area contributed by atoms with Crippen LogP contribution in [0.4, 0.5) is 23.1 Å². The second-order valence-electron chi connectivity index (χ2n) is 5.85. The predicted octanol–water partition coefficient (Wildman–Crippen LogP) is 5.54. The molecule has 0 fully saturated rings. The van der Waals surface area contributed by atoms with Crippen LogP contribution in [0.15, 0.2) is 48.5 Å². The van der Waals surface area contributed by atoms with Crippen LogP contribution in [0.1, 0.15) is 16.8 Å². The first-order valence-corrected chi connectivity index (χ1v) is 8.09. The molecule has 0 aliphatic heterocycles. The summed E-state index contributed by atoms with van der Waals surface area (Å²) in [5.41, 5.74) is 5.16. The Balaban J connectivity index is 1.85. The van der Waals surface area contributed by atoms with Crippen molar-refractivity contribution in [2.75, 3.05) is 10.6 Å². The molecule has 0 saturated heterocycles. The van der Waals surface area contributed by atoms with Gasteiger partial charge in [-0.2, -0.15) is 4.98 Å². The van der Waals surface area contributed by atoms with Gasteiger partial charge in [0.1, 0.15) is 5.82 Å². The number of rotatable bonds is 4. The molecule has 3 rings (SSSR count). The van der Waals surface area contributed by atoms with Crippen molar-refractivity contribution < 1.29 is 0 Å². The fraction of sp³-hybridized carbons (Fsp3) is 0.158. The predicted molar refractivity (Wildman–Crippen MR) is 101 cm³/mol. The zero-order chi connectivity index (χ0) is 17.1. The van der Waals surface area contributed by atoms with Crippen LogP contribution < -0.4 is 10.6 Å². The number of aryl methyl sites for hydroxylation is 3. The zero-order valence-electron chi connectivity index (χ0n) is 13.9. The highest BCUT2D eigenvalue weighted by atomic mass is 35.5. The second kappa shape index (κ2) is 6.89. The van der Waals surface area contributed by atoms with Gasteiger partial charge in [-0.1, -0.05) is 23.7 Å². The molecule has 0 bridgehead atoms. The number of halogens is 1. The minimum absolute atomic E-state index is 0.532. The van der Waals surface area contributed by atoms with Crippen LogP contribution >= 0.6 is 11.6 Å². The smallest absolute Gasteiger partial charge is 0.229 e. The number of aromatic nitrogens is 2. The maximum Gasteiger partial charge on any atom is 0.229 e. The molecule has 0 radical (unpaired) electrons. The SMILES string of the molecule is Cc1cc(C)cc(Nc2cc(C)nc(Nc3cccc(Cl)c3)n2)c1. The van der Waals surface area contributed by atoms with Gasteiger partial charge in [-0.25, -0.2) is 4.98 Å². The topological polar surface area (TPSA) is 49.8 Å². The third-order valence-electron chi connectivity index (χ3n) is 3.43. The Morgan fingerprint density at radius 3 is 2.25 bits per heavy atom. The first-order chi connectivity index (χ1) is 11.5. The molecule has 0 saturated carbocycles. The van der Waals surface area contributed by atoms with Gasteiger partial charge in [0.15, 0.2) is 0 Å². The normalized spacial score (nSPS) is 10.5. The van der Waals surface area contributed by atoms with Gasteiger partial charge in [0.05, 0.1) is 0 Å². The number of anilines is 4. The number of hydrogen-bond acceptors (Lipinski definition) is 4. The largest absolute Gasteiger partial charge is 0.340 e. The average Bonchev–Trinajstić information content (AvgIpc) is 2.45. The van der Waals surface area contributed by atoms with Gasteiger partial charge >= 0.3 is 0 Å². The lowest BCUT2D eigenvalue weighted by Crippen LogP contribution is -2.02. The van der Waals surface area contributed by atoms with E-state index >= 15 is 0 Å². The first kappa shape index (κ1) is 16.3. The van der Waals surface area contributed by atoms with E-state index in [9.17, 15) is 0 Å². The standard InChI is InChI=1S/C19H19ClN4/c1-12-7-13(2)9-17(8-12)22-18-10-14(3)21-19(24-18)23-16-6-4-5-15(20)11-16/h4-11H,1-3H3,(H2,21,22,23,24). The molecule has 0 unspecified atom stereocenters. The highest BCUT2D eigenvalue weighted by Crippen LogP contribution is 2.22. The molecule has 1 heterocycles. The molecule has 122 valence electrons. The van der Waals surface area contributed by atoms with Gasteiger partial charge in [0.2, 0.25) is 5.95 Å². The fourth-order valence-electron chi connectivity index (χ4n) is 2.58. The van der Waals surface area contributed by atoms with E-state index in [0.29, 0.717) is 11.0 Å². The molecule has 5 heteroatoms. The highest BCUT2D eigenvalue weighted by Gasteiger charge is 2.05. The molecule has 2 N–H and O–H groups in total. The van der Waals surface area contributed by atoms with Crippen molar-refractivity contribution in [2.24, 2.45) is 0 Å². The molecular weight excluding hydrogens is 320 g/mol. The van der Waals surface area contributed by atoms with E-state index in [2.05, 4.69) is 52.6 Å². The van der Waals surface area contributed by atoms with Crippen LogP contribution in [0.5, 0.6) is 0 Å². The van der Waals surface area contributed by atoms with Crippen molar-refractivity contribution in [3.63, 3.8) is 0 Å². The highest BCUT2D eigenvalue weighted by molar-refractivity contribution is 6.30. The van der Waals surface area contributed by atoms with E-state index in [0.717, 1.165) is 22.9 Å². The summed E-state index contributed by atoms with van der Waals surface area (Å²) in [5, 5.41) is 7.20. The molecule has 4 nitrogen and oxygen atoms in total. The van der Waals surface area contributed by atoms with Crippen LogP contribution in [0.25, 0.3) is 0 Å². The summed E-state index contributed by atoms with van der Waals surface area (Å²) in [6, 6.07) is 15.7. The average molecular weight is 339 g/mol. The molecule has 0 aliphatic rings. The lowest BCUT2D eigenvalue weighted by molar-refractivity contribution is 1.11. The molecule has 0 amide bonds. The van der Waals surface area contributed by atoms with Gasteiger partial charge in [0.25, 0.3) is 0 Å². The molecule has 2 aromatic carbocycles. The third kappa shape index (κ3) is 4.24. The summed E-state index contributed by atoms with van der Waals surface area (Å²) in [4.78, 5) is 8.97. The number of benzene rings is 2. The fourth-order valence-corrected chi connectivity index (χ4v) is 2.77. The zero-order valence-corrected chi connectivity index (χ0v) is 14.6. The van der Waals surface area contributed by atoms with Crippen molar-refractivity contribution in [1.29, 1.82) is 0 Å². The van der Waals surface area contributed by atoms with Crippen LogP contribution in [0, 0.1) is 20.8 Å². The Hall–Kier alpha value is -2.59. The number of nitrogens with one attached hydrogen (secondary N) is 2. The van der Waals surface area contributed by atoms with Crippen LogP contribution in [-0.2, 0) is 0 Å². The Morgan fingerprint density at radius 2 is 1.54 bits per heavy atom. The summed E-state index contributed by atoms with van der Waals surface area (Å²) >= 11 is 6.02. The van der Waals surface area contributed by atoms with E-state index in [-0.39, 0.29) is 0 Å². The van der Waals surface area contributed by atoms with Crippen molar-refractivity contribution in [3.8, 4) is 0 Å². The Morgan fingerprint density at radius 1 is 0.792 bits per heavy atom. The first-order valence-electron chi connectivity index (χ1n) is 7.71. The molecule has 3 aromatic rings. The Kier molecular flexibility index (Phi) is 4.67. The maximum atomic E-state index is 6.02. The van der Waals surface area contributed by atoms with Crippen molar-refractivity contribution in [1.82, 2.24) is 9.97 Å². The monoisotopic (exact) mass is 338 g/mol. The summed E-state index contributed by atoms with van der Waals surface area (Å²) in [5.74, 6) is 1.28. The summed E-state index contributed by atoms with van der Waals surface area (Å²) in [7, 11) is 0. The second-order valence-corrected chi connectivity index (χ2v) is 6.29. The van der Waals surface area contributed by atoms with E-state index in [1.54, 1.807) is 0 Å². The van der Waals surface area contributed by atoms with Crippen molar-refractivity contribution in [2.45, 2.75) is 20.8 Å². The summed E-state index contributed by atoms with van der Waals surface area (Å²) < 4.78 is 0. The van der Waals surface area contributed by atoms with Crippen molar-refractivity contribution in [3.05, 3.63) is 70.4 Å². The molecular formula is C19H19ClN4. The van der Waals surface area contributed by atoms with Gasteiger partial charge in [0, 0.05) is 28.2 Å². The van der Waals surface area contributed by atoms with Gasteiger partial charge in [-0.05, 0) is 62.2 Å². The minimum Gasteiger partial charge on any atom is -0.340 e. The van der Waals surface area contributed by atoms with E-state index in [1.807, 2.05) is 37.3 Å². The van der Waals surface area contributed by atoms with E-state index in [1.165, 1.54) is 11.1 Å². The quantitative estimate of drug-likeness (QED) is 0.655. The molecule has 0 atom stereocenters. The summed E-state index contributed by atoms with van der Waals surface area (Å²) in [6.07, 6.45) is 0. The molecule has 0 spiro atoms. The molecule has 1 aromatic heterocycles.